The normalized spacial score (nSPS) is 22.8. The topological polar surface area (TPSA) is 170 Å². The summed E-state index contributed by atoms with van der Waals surface area (Å²) in [4.78, 5) is 68.8. The van der Waals surface area contributed by atoms with Crippen molar-refractivity contribution in [2.45, 2.75) is 49.0 Å². The molecule has 3 saturated heterocycles. The molecule has 4 heterocycles. The Morgan fingerprint density at radius 3 is 2.15 bits per heavy atom. The van der Waals surface area contributed by atoms with E-state index in [-0.39, 0.29) is 31.9 Å². The summed E-state index contributed by atoms with van der Waals surface area (Å²) in [5, 5.41) is 25.8. The SMILES string of the molecule is C[C@@H](NC(=O)N1C(=O)[C@@]2(c3cc(C#CCCO)ccc31)[C@H](C(=O)Nc1ccc(N3CCOCC3)cc1)[C@H]1C(=O)O[C@H](c3ccccc3)[C@H](c3ccccc3)N1[C@@H]2c1cccc(OCCO)c1)c1ccccc1. The summed E-state index contributed by atoms with van der Waals surface area (Å²) in [6.07, 6.45) is -0.759. The lowest BCUT2D eigenvalue weighted by Crippen LogP contribution is -2.55. The van der Waals surface area contributed by atoms with Gasteiger partial charge in [0.05, 0.1) is 56.2 Å². The number of morpholine rings is 2. The van der Waals surface area contributed by atoms with E-state index in [0.29, 0.717) is 60.0 Å². The average Bonchev–Trinajstić information content (AvgIpc) is 3.88. The number of amides is 4. The first kappa shape index (κ1) is 47.9. The Kier molecular flexibility index (Phi) is 13.9. The van der Waals surface area contributed by atoms with Crippen LogP contribution in [0.1, 0.15) is 71.0 Å². The molecule has 0 radical (unpaired) electrons. The van der Waals surface area contributed by atoms with Gasteiger partial charge in [-0.2, -0.15) is 0 Å². The molecule has 3 fully saturated rings. The van der Waals surface area contributed by atoms with Crippen LogP contribution >= 0.6 is 0 Å². The summed E-state index contributed by atoms with van der Waals surface area (Å²) in [6, 6.07) is 43.2. The number of ether oxygens (including phenoxy) is 3. The number of hydrogen-bond donors (Lipinski definition) is 4. The number of aliphatic hydroxyl groups excluding tert-OH is 2. The number of aliphatic hydroxyl groups is 2. The maximum absolute atomic E-state index is 16.7. The number of nitrogens with one attached hydrogen (secondary N) is 2. The quantitative estimate of drug-likeness (QED) is 0.0712. The van der Waals surface area contributed by atoms with Gasteiger partial charge in [-0.1, -0.05) is 115 Å². The lowest BCUT2D eigenvalue weighted by molar-refractivity contribution is -0.177. The van der Waals surface area contributed by atoms with Crippen LogP contribution in [0.4, 0.5) is 21.9 Å². The van der Waals surface area contributed by atoms with Gasteiger partial charge in [-0.25, -0.2) is 9.69 Å². The Bertz CT molecular complexity index is 3000. The minimum absolute atomic E-state index is 0.0266. The molecule has 4 aliphatic heterocycles. The molecular weight excluding hydrogens is 911 g/mol. The summed E-state index contributed by atoms with van der Waals surface area (Å²) in [5.41, 5.74) is 3.00. The monoisotopic (exact) mass is 965 g/mol. The van der Waals surface area contributed by atoms with Gasteiger partial charge >= 0.3 is 12.0 Å². The fraction of sp³-hybridized carbons (Fsp3) is 0.276. The lowest BCUT2D eigenvalue weighted by atomic mass is 9.65. The van der Waals surface area contributed by atoms with Gasteiger partial charge in [0.25, 0.3) is 0 Å². The maximum atomic E-state index is 16.7. The summed E-state index contributed by atoms with van der Waals surface area (Å²) >= 11 is 0. The Balaban J connectivity index is 1.23. The van der Waals surface area contributed by atoms with Crippen LogP contribution in [0, 0.1) is 17.8 Å². The van der Waals surface area contributed by atoms with E-state index in [4.69, 9.17) is 14.2 Å². The summed E-state index contributed by atoms with van der Waals surface area (Å²) in [6.45, 7) is 3.95. The van der Waals surface area contributed by atoms with E-state index in [0.717, 1.165) is 21.7 Å². The number of fused-ring (bicyclic) bond motifs is 3. The highest BCUT2D eigenvalue weighted by atomic mass is 16.6. The summed E-state index contributed by atoms with van der Waals surface area (Å²) < 4.78 is 18.3. The van der Waals surface area contributed by atoms with E-state index in [9.17, 15) is 10.2 Å². The second-order valence-corrected chi connectivity index (χ2v) is 18.3. The number of imide groups is 1. The average molecular weight is 966 g/mol. The predicted molar refractivity (Wildman–Crippen MR) is 271 cm³/mol. The van der Waals surface area contributed by atoms with E-state index in [2.05, 4.69) is 27.4 Å². The minimum atomic E-state index is -2.06. The largest absolute Gasteiger partial charge is 0.491 e. The minimum Gasteiger partial charge on any atom is -0.491 e. The summed E-state index contributed by atoms with van der Waals surface area (Å²) in [5.74, 6) is 2.81. The summed E-state index contributed by atoms with van der Waals surface area (Å²) in [7, 11) is 0. The molecule has 14 heteroatoms. The van der Waals surface area contributed by atoms with E-state index in [1.807, 2.05) is 121 Å². The molecule has 366 valence electrons. The Labute approximate surface area is 418 Å². The fourth-order valence-electron chi connectivity index (χ4n) is 11.0. The van der Waals surface area contributed by atoms with Gasteiger partial charge in [0.15, 0.2) is 0 Å². The van der Waals surface area contributed by atoms with Crippen LogP contribution < -0.4 is 25.2 Å². The van der Waals surface area contributed by atoms with Crippen molar-refractivity contribution in [3.63, 3.8) is 0 Å². The van der Waals surface area contributed by atoms with Crippen LogP contribution in [0.2, 0.25) is 0 Å². The number of cyclic esters (lactones) is 1. The first-order valence-corrected chi connectivity index (χ1v) is 24.3. The second kappa shape index (κ2) is 20.9. The van der Waals surface area contributed by atoms with Gasteiger partial charge in [0.1, 0.15) is 29.9 Å². The Hall–Kier alpha value is -7.80. The van der Waals surface area contributed by atoms with Crippen molar-refractivity contribution in [1.29, 1.82) is 0 Å². The number of rotatable bonds is 12. The third kappa shape index (κ3) is 8.86. The highest BCUT2D eigenvalue weighted by molar-refractivity contribution is 6.25. The van der Waals surface area contributed by atoms with Crippen molar-refractivity contribution in [2.24, 2.45) is 5.92 Å². The predicted octanol–water partition coefficient (Wildman–Crippen LogP) is 7.40. The maximum Gasteiger partial charge on any atom is 0.329 e. The smallest absolute Gasteiger partial charge is 0.329 e. The van der Waals surface area contributed by atoms with E-state index in [1.165, 1.54) is 0 Å². The molecule has 72 heavy (non-hydrogen) atoms. The molecule has 0 unspecified atom stereocenters. The zero-order valence-corrected chi connectivity index (χ0v) is 39.7. The zero-order valence-electron chi connectivity index (χ0n) is 39.7. The molecular formula is C58H55N5O9. The molecule has 0 aliphatic carbocycles. The van der Waals surface area contributed by atoms with Crippen LogP contribution in [0.15, 0.2) is 158 Å². The van der Waals surface area contributed by atoms with E-state index in [1.54, 1.807) is 48.5 Å². The van der Waals surface area contributed by atoms with Gasteiger partial charge in [0.2, 0.25) is 11.8 Å². The molecule has 6 aromatic rings. The van der Waals surface area contributed by atoms with E-state index < -0.39 is 65.4 Å². The molecule has 6 aromatic carbocycles. The highest BCUT2D eigenvalue weighted by Crippen LogP contribution is 2.66. The van der Waals surface area contributed by atoms with Crippen molar-refractivity contribution >= 4 is 40.9 Å². The molecule has 14 nitrogen and oxygen atoms in total. The molecule has 0 aromatic heterocycles. The third-order valence-corrected chi connectivity index (χ3v) is 14.1. The van der Waals surface area contributed by atoms with Gasteiger partial charge in [-0.3, -0.25) is 19.3 Å². The fourth-order valence-corrected chi connectivity index (χ4v) is 11.0. The number of nitrogens with zero attached hydrogens (tertiary/aromatic N) is 3. The Morgan fingerprint density at radius 1 is 0.778 bits per heavy atom. The second-order valence-electron chi connectivity index (χ2n) is 18.3. The first-order chi connectivity index (χ1) is 35.2. The van der Waals surface area contributed by atoms with Crippen molar-refractivity contribution in [3.05, 3.63) is 191 Å². The third-order valence-electron chi connectivity index (χ3n) is 14.1. The van der Waals surface area contributed by atoms with Crippen molar-refractivity contribution in [2.75, 3.05) is 61.2 Å². The number of benzene rings is 6. The highest BCUT2D eigenvalue weighted by Gasteiger charge is 2.75. The molecule has 10 rings (SSSR count). The number of urea groups is 1. The number of hydrogen-bond acceptors (Lipinski definition) is 11. The van der Waals surface area contributed by atoms with Crippen LogP contribution in [0.5, 0.6) is 5.75 Å². The molecule has 0 bridgehead atoms. The van der Waals surface area contributed by atoms with Gasteiger partial charge < -0.3 is 40.0 Å². The van der Waals surface area contributed by atoms with E-state index >= 15 is 19.2 Å². The first-order valence-electron chi connectivity index (χ1n) is 24.3. The molecule has 4 aliphatic rings. The molecule has 4 N–H and O–H groups in total. The van der Waals surface area contributed by atoms with Gasteiger partial charge in [-0.05, 0) is 89.3 Å². The number of esters is 1. The van der Waals surface area contributed by atoms with Gasteiger partial charge in [-0.15, -0.1) is 0 Å². The Morgan fingerprint density at radius 2 is 1.46 bits per heavy atom. The standard InChI is InChI=1S/C58H55N5O9/c1-38(40-15-5-2-6-16-40)59-57(69)62-48-28-23-39(14-11-12-31-64)36-47(48)58(56(62)68)49(54(66)60-44-24-26-45(27-25-44)61-29-33-70-34-30-61)51-55(67)72-52(42-19-9-4-10-20-42)50(41-17-7-3-8-18-41)63(51)53(58)43-21-13-22-46(37-43)71-35-32-65/h2-10,13,15-28,36-38,49-53,64-65H,12,29-35H2,1H3,(H,59,69)(H,60,66)/t38-,49+,50+,51+,52-,53-,58+/m1/s1. The molecule has 1 spiro atoms. The van der Waals surface area contributed by atoms with Crippen LogP contribution in [0.3, 0.4) is 0 Å². The number of carbonyl (C=O) groups is 4. The van der Waals surface area contributed by atoms with Crippen molar-refractivity contribution in [1.82, 2.24) is 10.2 Å². The van der Waals surface area contributed by atoms with Crippen LogP contribution in [-0.4, -0.2) is 91.1 Å². The van der Waals surface area contributed by atoms with Gasteiger partial charge in [0, 0.05) is 36.4 Å². The number of carbonyl (C=O) groups excluding carboxylic acids is 4. The number of anilines is 3. The lowest BCUT2D eigenvalue weighted by Gasteiger charge is -2.46. The molecule has 4 amide bonds. The van der Waals surface area contributed by atoms with Crippen LogP contribution in [-0.2, 0) is 29.3 Å². The van der Waals surface area contributed by atoms with Crippen LogP contribution in [0.25, 0.3) is 0 Å². The molecule has 7 atom stereocenters. The van der Waals surface area contributed by atoms with Crippen molar-refractivity contribution in [3.8, 4) is 17.6 Å². The van der Waals surface area contributed by atoms with Crippen molar-refractivity contribution < 1.29 is 43.6 Å². The molecule has 0 saturated carbocycles. The zero-order chi connectivity index (χ0) is 49.8.